The van der Waals surface area contributed by atoms with Crippen molar-refractivity contribution in [3.8, 4) is 0 Å². The summed E-state index contributed by atoms with van der Waals surface area (Å²) >= 11 is 0. The van der Waals surface area contributed by atoms with E-state index in [0.717, 1.165) is 96.3 Å². The van der Waals surface area contributed by atoms with Crippen molar-refractivity contribution in [3.63, 3.8) is 0 Å². The van der Waals surface area contributed by atoms with Gasteiger partial charge in [0.25, 0.3) is 7.82 Å². The van der Waals surface area contributed by atoms with Crippen LogP contribution in [0.15, 0.2) is 97.2 Å². The molecular weight excluding hydrogens is 1110 g/mol. The third kappa shape index (κ3) is 72.0. The summed E-state index contributed by atoms with van der Waals surface area (Å²) in [5.74, 6) is -0.855. The number of nitrogens with zero attached hydrogens (tertiary/aromatic N) is 1. The summed E-state index contributed by atoms with van der Waals surface area (Å²) < 4.78 is 34.3. The molecule has 10 heteroatoms. The molecule has 0 aromatic carbocycles. The topological polar surface area (TPSA) is 111 Å². The number of phosphoric acid groups is 1. The van der Waals surface area contributed by atoms with Gasteiger partial charge in [0.2, 0.25) is 0 Å². The minimum atomic E-state index is -4.66. The monoisotopic (exact) mass is 1250 g/mol. The first-order valence-electron chi connectivity index (χ1n) is 36.9. The summed E-state index contributed by atoms with van der Waals surface area (Å²) in [6.45, 7) is 4.13. The van der Waals surface area contributed by atoms with Crippen molar-refractivity contribution >= 4 is 19.8 Å². The summed E-state index contributed by atoms with van der Waals surface area (Å²) in [7, 11) is 1.15. The Bertz CT molecular complexity index is 1810. The van der Waals surface area contributed by atoms with Gasteiger partial charge in [-0.1, -0.05) is 342 Å². The lowest BCUT2D eigenvalue weighted by atomic mass is 10.0. The molecule has 510 valence electrons. The first-order chi connectivity index (χ1) is 43.0. The number of allylic oxidation sites excluding steroid dienone is 16. The van der Waals surface area contributed by atoms with Crippen molar-refractivity contribution in [2.75, 3.05) is 47.5 Å². The van der Waals surface area contributed by atoms with Crippen LogP contribution in [0.3, 0.4) is 0 Å². The van der Waals surface area contributed by atoms with E-state index in [1.165, 1.54) is 205 Å². The number of phosphoric ester groups is 1. The van der Waals surface area contributed by atoms with Gasteiger partial charge in [-0.2, -0.15) is 0 Å². The second-order valence-corrected chi connectivity index (χ2v) is 27.3. The van der Waals surface area contributed by atoms with Crippen molar-refractivity contribution in [2.24, 2.45) is 0 Å². The van der Waals surface area contributed by atoms with Gasteiger partial charge >= 0.3 is 11.9 Å². The summed E-state index contributed by atoms with van der Waals surface area (Å²) in [6, 6.07) is 0. The standard InChI is InChI=1S/C78H140NO8P/c1-6-8-10-12-14-16-18-20-22-24-26-28-30-32-34-36-37-38-39-40-41-43-44-46-48-50-52-54-56-58-60-62-64-66-68-70-77(80)84-74-76(75-86-88(82,83)85-73-72-79(3,4)5)87-78(81)71-69-67-65-63-61-59-57-55-53-51-49-47-45-42-35-33-31-29-27-25-23-21-19-17-15-13-11-9-7-2/h9,11,15,17,21,23,27,29,33,35,45,47,51,53,57,59,76H,6-8,10,12-14,16,18-20,22,24-26,28,30-32,34,36-44,46,48-50,52,54-56,58,60-75H2,1-5H3/b11-9-,17-15-,23-21-,29-27-,35-33-,47-45-,53-51-,59-57-. The summed E-state index contributed by atoms with van der Waals surface area (Å²) in [4.78, 5) is 38.1. The van der Waals surface area contributed by atoms with Crippen LogP contribution in [0.1, 0.15) is 335 Å². The molecular formula is C78H140NO8P. The molecule has 0 bridgehead atoms. The van der Waals surface area contributed by atoms with Crippen molar-refractivity contribution in [1.82, 2.24) is 0 Å². The zero-order valence-corrected chi connectivity index (χ0v) is 59.1. The van der Waals surface area contributed by atoms with Crippen molar-refractivity contribution in [1.29, 1.82) is 0 Å². The van der Waals surface area contributed by atoms with Crippen molar-refractivity contribution in [3.05, 3.63) is 97.2 Å². The first kappa shape index (κ1) is 84.9. The van der Waals surface area contributed by atoms with E-state index in [1.807, 2.05) is 21.1 Å². The maximum atomic E-state index is 12.9. The SMILES string of the molecule is CC/C=C\C/C=C\C/C=C\C/C=C\C/C=C\C/C=C\C/C=C\C/C=C\CCCCCCC(=O)OC(COC(=O)CCCCCCCCCCCCCCCCCCCCCCCCCCCCCCCCCCCCC)COP(=O)([O-])OCC[N+](C)(C)C. The lowest BCUT2D eigenvalue weighted by Crippen LogP contribution is -2.37. The van der Waals surface area contributed by atoms with Gasteiger partial charge in [-0.15, -0.1) is 0 Å². The number of carbonyl (C=O) groups excluding carboxylic acids is 2. The van der Waals surface area contributed by atoms with Gasteiger partial charge in [0.15, 0.2) is 6.10 Å². The zero-order valence-electron chi connectivity index (χ0n) is 58.2. The first-order valence-corrected chi connectivity index (χ1v) is 38.4. The molecule has 88 heavy (non-hydrogen) atoms. The number of unbranched alkanes of at least 4 members (excludes halogenated alkanes) is 38. The van der Waals surface area contributed by atoms with Gasteiger partial charge in [-0.25, -0.2) is 0 Å². The molecule has 0 amide bonds. The molecule has 0 N–H and O–H groups in total. The van der Waals surface area contributed by atoms with E-state index < -0.39 is 26.5 Å². The summed E-state index contributed by atoms with van der Waals surface area (Å²) in [6.07, 6.45) is 95.2. The highest BCUT2D eigenvalue weighted by Crippen LogP contribution is 2.38. The van der Waals surface area contributed by atoms with Crippen molar-refractivity contribution in [2.45, 2.75) is 341 Å². The van der Waals surface area contributed by atoms with Crippen LogP contribution in [-0.4, -0.2) is 70.0 Å². The predicted molar refractivity (Wildman–Crippen MR) is 379 cm³/mol. The van der Waals surface area contributed by atoms with Crippen LogP contribution in [0.4, 0.5) is 0 Å². The largest absolute Gasteiger partial charge is 0.756 e. The molecule has 2 atom stereocenters. The van der Waals surface area contributed by atoms with E-state index in [0.29, 0.717) is 17.4 Å². The van der Waals surface area contributed by atoms with E-state index in [1.54, 1.807) is 0 Å². The van der Waals surface area contributed by atoms with Gasteiger partial charge in [-0.3, -0.25) is 14.2 Å². The van der Waals surface area contributed by atoms with Crippen LogP contribution in [0.5, 0.6) is 0 Å². The van der Waals surface area contributed by atoms with E-state index in [2.05, 4.69) is 111 Å². The quantitative estimate of drug-likeness (QED) is 0.0195. The number of carbonyl (C=O) groups is 2. The Morgan fingerprint density at radius 1 is 0.364 bits per heavy atom. The Kier molecular flexibility index (Phi) is 65.9. The molecule has 9 nitrogen and oxygen atoms in total. The van der Waals surface area contributed by atoms with Crippen LogP contribution >= 0.6 is 7.82 Å². The highest BCUT2D eigenvalue weighted by atomic mass is 31.2. The van der Waals surface area contributed by atoms with Crippen LogP contribution in [0, 0.1) is 0 Å². The maximum Gasteiger partial charge on any atom is 0.306 e. The molecule has 0 fully saturated rings. The fourth-order valence-corrected chi connectivity index (χ4v) is 11.2. The number of rotatable bonds is 68. The highest BCUT2D eigenvalue weighted by molar-refractivity contribution is 7.45. The molecule has 0 aromatic rings. The second kappa shape index (κ2) is 68.3. The maximum absolute atomic E-state index is 12.9. The summed E-state index contributed by atoms with van der Waals surface area (Å²) in [5.41, 5.74) is 0. The number of esters is 2. The number of ether oxygens (including phenoxy) is 2. The fourth-order valence-electron chi connectivity index (χ4n) is 10.5. The minimum absolute atomic E-state index is 0.0396. The van der Waals surface area contributed by atoms with Gasteiger partial charge in [0.1, 0.15) is 19.8 Å². The van der Waals surface area contributed by atoms with Crippen molar-refractivity contribution < 1.29 is 42.1 Å². The van der Waals surface area contributed by atoms with Gasteiger partial charge in [0, 0.05) is 12.8 Å². The molecule has 0 heterocycles. The number of hydrogen-bond acceptors (Lipinski definition) is 8. The van der Waals surface area contributed by atoms with E-state index in [4.69, 9.17) is 18.5 Å². The molecule has 0 radical (unpaired) electrons. The Labute approximate surface area is 544 Å². The van der Waals surface area contributed by atoms with E-state index in [9.17, 15) is 19.0 Å². The average Bonchev–Trinajstić information content (AvgIpc) is 3.68. The highest BCUT2D eigenvalue weighted by Gasteiger charge is 2.22. The smallest absolute Gasteiger partial charge is 0.306 e. The predicted octanol–water partition coefficient (Wildman–Crippen LogP) is 23.6. The van der Waals surface area contributed by atoms with E-state index >= 15 is 0 Å². The molecule has 0 saturated carbocycles. The fraction of sp³-hybridized carbons (Fsp3) is 0.769. The third-order valence-corrected chi connectivity index (χ3v) is 17.1. The Morgan fingerprint density at radius 3 is 0.966 bits per heavy atom. The molecule has 0 aliphatic carbocycles. The Balaban J connectivity index is 4.04. The van der Waals surface area contributed by atoms with Crippen LogP contribution in [0.2, 0.25) is 0 Å². The minimum Gasteiger partial charge on any atom is -0.756 e. The second-order valence-electron chi connectivity index (χ2n) is 25.9. The molecule has 0 rings (SSSR count). The molecule has 0 aliphatic rings. The number of hydrogen-bond donors (Lipinski definition) is 0. The number of likely N-dealkylation sites (N-methyl/N-ethyl adjacent to an activating group) is 1. The molecule has 0 aliphatic heterocycles. The lowest BCUT2D eigenvalue weighted by molar-refractivity contribution is -0.870. The zero-order chi connectivity index (χ0) is 64.1. The molecule has 0 spiro atoms. The van der Waals surface area contributed by atoms with Gasteiger partial charge < -0.3 is 27.9 Å². The van der Waals surface area contributed by atoms with Crippen LogP contribution in [0.25, 0.3) is 0 Å². The third-order valence-electron chi connectivity index (χ3n) is 16.1. The average molecular weight is 1250 g/mol. The Hall–Kier alpha value is -3.07. The molecule has 2 unspecified atom stereocenters. The lowest BCUT2D eigenvalue weighted by Gasteiger charge is -2.28. The van der Waals surface area contributed by atoms with E-state index in [-0.39, 0.29) is 32.0 Å². The van der Waals surface area contributed by atoms with Gasteiger partial charge in [-0.05, 0) is 77.0 Å². The van der Waals surface area contributed by atoms with Gasteiger partial charge in [0.05, 0.1) is 27.7 Å². The van der Waals surface area contributed by atoms with Crippen LogP contribution in [-0.2, 0) is 32.7 Å². The van der Waals surface area contributed by atoms with Crippen LogP contribution < -0.4 is 4.89 Å². The number of quaternary nitrogens is 1. The summed E-state index contributed by atoms with van der Waals surface area (Å²) in [5, 5.41) is 0. The normalized spacial score (nSPS) is 13.7. The Morgan fingerprint density at radius 2 is 0.648 bits per heavy atom. The molecule has 0 saturated heterocycles. The molecule has 0 aromatic heterocycles.